The Morgan fingerprint density at radius 2 is 1.74 bits per heavy atom. The maximum atomic E-state index is 12.0. The first-order valence-corrected chi connectivity index (χ1v) is 15.6. The summed E-state index contributed by atoms with van der Waals surface area (Å²) in [5.74, 6) is 0.00169. The van der Waals surface area contributed by atoms with E-state index in [4.69, 9.17) is 25.0 Å². The van der Waals surface area contributed by atoms with Crippen molar-refractivity contribution in [3.05, 3.63) is 6.33 Å². The number of hydrogen-bond donors (Lipinski definition) is 7. The van der Waals surface area contributed by atoms with Gasteiger partial charge in [-0.3, -0.25) is 4.52 Å². The van der Waals surface area contributed by atoms with E-state index in [-0.39, 0.29) is 29.6 Å². The highest BCUT2D eigenvalue weighted by molar-refractivity contribution is 7.66. The zero-order valence-corrected chi connectivity index (χ0v) is 22.5. The van der Waals surface area contributed by atoms with Crippen molar-refractivity contribution in [1.82, 2.24) is 19.5 Å². The van der Waals surface area contributed by atoms with Crippen LogP contribution < -0.4 is 10.5 Å². The first-order valence-electron chi connectivity index (χ1n) is 11.1. The molecule has 6 atom stereocenters. The number of phosphoric acid groups is 3. The molecule has 8 N–H and O–H groups in total. The van der Waals surface area contributed by atoms with Gasteiger partial charge >= 0.3 is 29.5 Å². The van der Waals surface area contributed by atoms with Crippen LogP contribution in [0.5, 0.6) is 6.01 Å². The molecule has 1 aliphatic rings. The summed E-state index contributed by atoms with van der Waals surface area (Å²) in [5.41, 5.74) is 6.09. The maximum absolute atomic E-state index is 12.0. The first kappa shape index (κ1) is 31.0. The number of unbranched alkanes of at least 4 members (excludes halogenated alkanes) is 3. The molecule has 3 heterocycles. The van der Waals surface area contributed by atoms with Gasteiger partial charge in [-0.1, -0.05) is 26.2 Å². The molecular formula is C16H28N5O14P3. The van der Waals surface area contributed by atoms with Crippen LogP contribution in [-0.2, 0) is 31.6 Å². The molecule has 0 radical (unpaired) electrons. The van der Waals surface area contributed by atoms with Crippen LogP contribution in [-0.4, -0.2) is 80.8 Å². The predicted octanol–water partition coefficient (Wildman–Crippen LogP) is 0.330. The number of aromatic nitrogens is 4. The van der Waals surface area contributed by atoms with E-state index in [1.54, 1.807) is 0 Å². The Morgan fingerprint density at radius 3 is 2.39 bits per heavy atom. The third-order valence-corrected chi connectivity index (χ3v) is 8.91. The minimum atomic E-state index is -5.74. The molecule has 1 saturated heterocycles. The van der Waals surface area contributed by atoms with Crippen molar-refractivity contribution in [2.75, 3.05) is 18.9 Å². The number of anilines is 1. The number of ether oxygens (including phenoxy) is 2. The van der Waals surface area contributed by atoms with Crippen LogP contribution >= 0.6 is 23.5 Å². The number of hydrogen-bond acceptors (Lipinski definition) is 14. The fraction of sp³-hybridized carbons (Fsp3) is 0.688. The zero-order valence-electron chi connectivity index (χ0n) is 19.8. The van der Waals surface area contributed by atoms with Crippen molar-refractivity contribution in [1.29, 1.82) is 0 Å². The molecule has 1 fully saturated rings. The van der Waals surface area contributed by atoms with Gasteiger partial charge < -0.3 is 45.0 Å². The monoisotopic (exact) mass is 607 g/mol. The molecule has 2 unspecified atom stereocenters. The molecule has 1 aliphatic heterocycles. The summed E-state index contributed by atoms with van der Waals surface area (Å²) in [4.78, 5) is 48.3. The van der Waals surface area contributed by atoms with Gasteiger partial charge in [0.15, 0.2) is 23.2 Å². The Labute approximate surface area is 215 Å². The lowest BCUT2D eigenvalue weighted by Gasteiger charge is -2.19. The van der Waals surface area contributed by atoms with Gasteiger partial charge in [-0.05, 0) is 6.42 Å². The van der Waals surface area contributed by atoms with E-state index in [2.05, 4.69) is 28.1 Å². The van der Waals surface area contributed by atoms with Crippen molar-refractivity contribution in [2.45, 2.75) is 57.1 Å². The fourth-order valence-corrected chi connectivity index (χ4v) is 6.51. The number of nitrogens with zero attached hydrogens (tertiary/aromatic N) is 4. The Balaban J connectivity index is 1.76. The topological polar surface area (TPSA) is 288 Å². The van der Waals surface area contributed by atoms with Crippen LogP contribution in [0.4, 0.5) is 5.82 Å². The minimum absolute atomic E-state index is 0.00169. The van der Waals surface area contributed by atoms with Crippen molar-refractivity contribution in [2.24, 2.45) is 0 Å². The number of nitrogen functional groups attached to an aromatic ring is 1. The Hall–Kier alpha value is -1.56. The van der Waals surface area contributed by atoms with Crippen LogP contribution in [0, 0.1) is 0 Å². The first-order chi connectivity index (χ1) is 17.6. The largest absolute Gasteiger partial charge is 0.490 e. The molecule has 0 amide bonds. The molecule has 22 heteroatoms. The quantitative estimate of drug-likeness (QED) is 0.112. The molecule has 0 spiro atoms. The Morgan fingerprint density at radius 1 is 1.03 bits per heavy atom. The van der Waals surface area contributed by atoms with Crippen LogP contribution in [0.25, 0.3) is 11.2 Å². The van der Waals surface area contributed by atoms with Crippen molar-refractivity contribution in [3.63, 3.8) is 0 Å². The molecule has 0 bridgehead atoms. The number of nitrogens with two attached hydrogens (primary N) is 1. The van der Waals surface area contributed by atoms with Gasteiger partial charge in [0, 0.05) is 0 Å². The van der Waals surface area contributed by atoms with E-state index in [1.165, 1.54) is 4.57 Å². The number of phosphoric ester groups is 1. The predicted molar refractivity (Wildman–Crippen MR) is 125 cm³/mol. The summed E-state index contributed by atoms with van der Waals surface area (Å²) in [6.07, 6.45) is -1.63. The van der Waals surface area contributed by atoms with Crippen LogP contribution in [0.3, 0.4) is 0 Å². The number of fused-ring (bicyclic) bond motifs is 1. The summed E-state index contributed by atoms with van der Waals surface area (Å²) in [6, 6.07) is -0.0616. The summed E-state index contributed by atoms with van der Waals surface area (Å²) in [5, 5.41) is 21.1. The van der Waals surface area contributed by atoms with Crippen molar-refractivity contribution >= 4 is 40.4 Å². The minimum Gasteiger partial charge on any atom is -0.465 e. The third kappa shape index (κ3) is 7.99. The van der Waals surface area contributed by atoms with Crippen molar-refractivity contribution in [3.8, 4) is 6.01 Å². The highest BCUT2D eigenvalue weighted by Crippen LogP contribution is 2.66. The van der Waals surface area contributed by atoms with E-state index in [9.17, 15) is 33.7 Å². The average molecular weight is 607 g/mol. The molecule has 38 heavy (non-hydrogen) atoms. The SMILES string of the molecule is CCCCCCOc1nc2c(N)ncnc2n1[C@@H]1O[C@H](COP(=O)(O)OP(=O)(O)OP(=O)(O)O)[C@@H](O)[C@H]1O. The van der Waals surface area contributed by atoms with E-state index >= 15 is 0 Å². The van der Waals surface area contributed by atoms with E-state index in [0.717, 1.165) is 25.6 Å². The molecule has 3 rings (SSSR count). The van der Waals surface area contributed by atoms with Gasteiger partial charge in [-0.2, -0.15) is 13.6 Å². The van der Waals surface area contributed by atoms with Crippen LogP contribution in [0.15, 0.2) is 6.33 Å². The van der Waals surface area contributed by atoms with Gasteiger partial charge in [0.05, 0.1) is 13.2 Å². The lowest BCUT2D eigenvalue weighted by Crippen LogP contribution is -2.33. The highest BCUT2D eigenvalue weighted by Gasteiger charge is 2.48. The molecule has 19 nitrogen and oxygen atoms in total. The smallest absolute Gasteiger partial charge is 0.465 e. The van der Waals surface area contributed by atoms with Gasteiger partial charge in [-0.15, -0.1) is 0 Å². The fourth-order valence-electron chi connectivity index (χ4n) is 3.48. The summed E-state index contributed by atoms with van der Waals surface area (Å²) in [6.45, 7) is 1.30. The number of imidazole rings is 1. The average Bonchev–Trinajstić information content (AvgIpc) is 3.28. The van der Waals surface area contributed by atoms with E-state index in [0.29, 0.717) is 6.42 Å². The second-order valence-corrected chi connectivity index (χ2v) is 12.5. The summed E-state index contributed by atoms with van der Waals surface area (Å²) >= 11 is 0. The number of rotatable bonds is 14. The van der Waals surface area contributed by atoms with Crippen molar-refractivity contribution < 1.29 is 66.1 Å². The standard InChI is InChI=1S/C16H28N5O14P3/c1-2-3-4-5-6-31-16-20-10-13(17)18-8-19-14(10)21(16)15-12(23)11(22)9(33-15)7-32-37(27,28)35-38(29,30)34-36(24,25)26/h8-9,11-12,15,22-23H,2-7H2,1H3,(H,27,28)(H,29,30)(H2,17,18,19)(H2,24,25,26)/t9-,11-,12-,15-/m1/s1. The molecule has 0 saturated carbocycles. The van der Waals surface area contributed by atoms with Gasteiger partial charge in [0.1, 0.15) is 24.6 Å². The lowest BCUT2D eigenvalue weighted by atomic mass is 10.1. The zero-order chi connectivity index (χ0) is 28.3. The third-order valence-electron chi connectivity index (χ3n) is 5.11. The second-order valence-electron chi connectivity index (χ2n) is 8.04. The summed E-state index contributed by atoms with van der Waals surface area (Å²) < 4.78 is 58.6. The summed E-state index contributed by atoms with van der Waals surface area (Å²) in [7, 11) is -16.8. The Kier molecular flexibility index (Phi) is 10.0. The molecule has 0 aromatic carbocycles. The molecule has 2 aromatic heterocycles. The second kappa shape index (κ2) is 12.3. The molecule has 216 valence electrons. The number of aliphatic hydroxyl groups excluding tert-OH is 2. The highest BCUT2D eigenvalue weighted by atomic mass is 31.3. The van der Waals surface area contributed by atoms with Gasteiger partial charge in [0.2, 0.25) is 0 Å². The maximum Gasteiger partial charge on any atom is 0.490 e. The van der Waals surface area contributed by atoms with Crippen LogP contribution in [0.1, 0.15) is 38.8 Å². The molecule has 0 aliphatic carbocycles. The Bertz CT molecular complexity index is 1260. The van der Waals surface area contributed by atoms with E-state index < -0.39 is 54.6 Å². The normalized spacial score (nSPS) is 25.3. The lowest BCUT2D eigenvalue weighted by molar-refractivity contribution is -0.0535. The van der Waals surface area contributed by atoms with E-state index in [1.807, 2.05) is 6.92 Å². The number of aliphatic hydroxyl groups is 2. The van der Waals surface area contributed by atoms with Gasteiger partial charge in [0.25, 0.3) is 0 Å². The van der Waals surface area contributed by atoms with Gasteiger partial charge in [-0.25, -0.2) is 28.2 Å². The van der Waals surface area contributed by atoms with Crippen LogP contribution in [0.2, 0.25) is 0 Å². The molecule has 2 aromatic rings. The molecular weight excluding hydrogens is 579 g/mol.